The minimum Gasteiger partial charge on any atom is -0.477 e. The molecule has 0 unspecified atom stereocenters. The van der Waals surface area contributed by atoms with Gasteiger partial charge in [0, 0.05) is 6.04 Å². The van der Waals surface area contributed by atoms with Crippen LogP contribution in [0.15, 0.2) is 0 Å². The Bertz CT molecular complexity index is 578. The standard InChI is InChI=1S/C15H19ClF3NO2S/c1-8(2)20-5-3-9(4-6-20)11-10(7-15(17,18)19)12(14(21)22)23-13(11)16/h8-9H,3-7H2,1-2H3,(H,21,22). The van der Waals surface area contributed by atoms with Gasteiger partial charge in [0.2, 0.25) is 0 Å². The summed E-state index contributed by atoms with van der Waals surface area (Å²) in [5, 5.41) is 9.19. The lowest BCUT2D eigenvalue weighted by Crippen LogP contribution is -2.38. The number of thiophene rings is 1. The molecule has 1 aliphatic rings. The van der Waals surface area contributed by atoms with Gasteiger partial charge in [-0.05, 0) is 56.8 Å². The zero-order chi connectivity index (χ0) is 17.4. The van der Waals surface area contributed by atoms with Crippen molar-refractivity contribution in [1.82, 2.24) is 4.90 Å². The van der Waals surface area contributed by atoms with E-state index in [1.165, 1.54) is 0 Å². The third-order valence-electron chi connectivity index (χ3n) is 4.24. The minimum atomic E-state index is -4.46. The molecule has 0 aliphatic carbocycles. The quantitative estimate of drug-likeness (QED) is 0.829. The number of likely N-dealkylation sites (tertiary alicyclic amines) is 1. The SMILES string of the molecule is CC(C)N1CCC(c2c(Cl)sc(C(=O)O)c2CC(F)(F)F)CC1. The molecular weight excluding hydrogens is 351 g/mol. The van der Waals surface area contributed by atoms with Gasteiger partial charge in [0.25, 0.3) is 0 Å². The van der Waals surface area contributed by atoms with Gasteiger partial charge in [0.05, 0.1) is 10.8 Å². The summed E-state index contributed by atoms with van der Waals surface area (Å²) in [6.07, 6.45) is -4.31. The number of aromatic carboxylic acids is 1. The lowest BCUT2D eigenvalue weighted by atomic mass is 9.87. The van der Waals surface area contributed by atoms with Crippen LogP contribution in [0.4, 0.5) is 13.2 Å². The van der Waals surface area contributed by atoms with Crippen LogP contribution in [0.2, 0.25) is 4.34 Å². The molecule has 0 spiro atoms. The molecule has 0 aromatic carbocycles. The first-order valence-electron chi connectivity index (χ1n) is 7.45. The monoisotopic (exact) mass is 369 g/mol. The Hall–Kier alpha value is -0.790. The first kappa shape index (κ1) is 18.5. The molecular formula is C15H19ClF3NO2S. The number of alkyl halides is 3. The number of hydrogen-bond acceptors (Lipinski definition) is 3. The molecule has 0 amide bonds. The predicted octanol–water partition coefficient (Wildman–Crippen LogP) is 4.79. The van der Waals surface area contributed by atoms with E-state index in [1.54, 1.807) is 0 Å². The molecule has 2 rings (SSSR count). The first-order valence-corrected chi connectivity index (χ1v) is 8.64. The lowest BCUT2D eigenvalue weighted by Gasteiger charge is -2.35. The van der Waals surface area contributed by atoms with Gasteiger partial charge >= 0.3 is 12.1 Å². The van der Waals surface area contributed by atoms with Crippen LogP contribution in [0.3, 0.4) is 0 Å². The first-order chi connectivity index (χ1) is 10.6. The minimum absolute atomic E-state index is 0.112. The van der Waals surface area contributed by atoms with Crippen LogP contribution in [0.25, 0.3) is 0 Å². The molecule has 8 heteroatoms. The molecule has 1 fully saturated rings. The Balaban J connectivity index is 2.33. The van der Waals surface area contributed by atoms with E-state index in [0.29, 0.717) is 24.4 Å². The number of carbonyl (C=O) groups is 1. The van der Waals surface area contributed by atoms with Crippen molar-refractivity contribution in [3.05, 3.63) is 20.3 Å². The molecule has 1 aromatic heterocycles. The number of piperidine rings is 1. The van der Waals surface area contributed by atoms with Crippen LogP contribution in [-0.2, 0) is 6.42 Å². The summed E-state index contributed by atoms with van der Waals surface area (Å²) in [5.41, 5.74) is 0.248. The summed E-state index contributed by atoms with van der Waals surface area (Å²) >= 11 is 6.87. The maximum absolute atomic E-state index is 12.9. The smallest absolute Gasteiger partial charge is 0.393 e. The molecule has 0 atom stereocenters. The van der Waals surface area contributed by atoms with Crippen molar-refractivity contribution in [3.8, 4) is 0 Å². The summed E-state index contributed by atoms with van der Waals surface area (Å²) < 4.78 is 38.8. The molecule has 1 aliphatic heterocycles. The summed E-state index contributed by atoms with van der Waals surface area (Å²) in [6, 6.07) is 0.387. The average Bonchev–Trinajstić information content (AvgIpc) is 2.73. The van der Waals surface area contributed by atoms with Crippen LogP contribution in [0.1, 0.15) is 53.4 Å². The van der Waals surface area contributed by atoms with E-state index in [1.807, 2.05) is 0 Å². The Kier molecular flexibility index (Phi) is 5.63. The average molecular weight is 370 g/mol. The Labute approximate surface area is 142 Å². The Morgan fingerprint density at radius 1 is 1.39 bits per heavy atom. The molecule has 3 nitrogen and oxygen atoms in total. The second-order valence-electron chi connectivity index (χ2n) is 6.10. The molecule has 1 saturated heterocycles. The van der Waals surface area contributed by atoms with Gasteiger partial charge in [-0.2, -0.15) is 13.2 Å². The van der Waals surface area contributed by atoms with Crippen molar-refractivity contribution in [2.24, 2.45) is 0 Å². The molecule has 23 heavy (non-hydrogen) atoms. The topological polar surface area (TPSA) is 40.5 Å². The third-order valence-corrected chi connectivity index (χ3v) is 5.70. The van der Waals surface area contributed by atoms with Gasteiger partial charge in [-0.1, -0.05) is 11.6 Å². The fraction of sp³-hybridized carbons (Fsp3) is 0.667. The lowest BCUT2D eigenvalue weighted by molar-refractivity contribution is -0.127. The van der Waals surface area contributed by atoms with Gasteiger partial charge in [-0.15, -0.1) is 11.3 Å². The molecule has 1 N–H and O–H groups in total. The van der Waals surface area contributed by atoms with Gasteiger partial charge < -0.3 is 10.0 Å². The second-order valence-corrected chi connectivity index (χ2v) is 7.72. The van der Waals surface area contributed by atoms with Crippen LogP contribution < -0.4 is 0 Å². The molecule has 2 heterocycles. The van der Waals surface area contributed by atoms with Crippen molar-refractivity contribution >= 4 is 28.9 Å². The normalized spacial score (nSPS) is 17.9. The fourth-order valence-corrected chi connectivity index (χ4v) is 4.58. The third kappa shape index (κ3) is 4.39. The van der Waals surface area contributed by atoms with Crippen molar-refractivity contribution in [2.75, 3.05) is 13.1 Å². The summed E-state index contributed by atoms with van der Waals surface area (Å²) in [4.78, 5) is 13.3. The van der Waals surface area contributed by atoms with E-state index in [4.69, 9.17) is 11.6 Å². The number of carboxylic acids is 1. The Morgan fingerprint density at radius 2 is 1.96 bits per heavy atom. The number of hydrogen-bond donors (Lipinski definition) is 1. The highest BCUT2D eigenvalue weighted by Gasteiger charge is 2.36. The zero-order valence-electron chi connectivity index (χ0n) is 12.9. The van der Waals surface area contributed by atoms with Gasteiger partial charge in [0.15, 0.2) is 0 Å². The molecule has 0 saturated carbocycles. The van der Waals surface area contributed by atoms with E-state index < -0.39 is 18.6 Å². The maximum atomic E-state index is 12.9. The van der Waals surface area contributed by atoms with Crippen molar-refractivity contribution in [1.29, 1.82) is 0 Å². The van der Waals surface area contributed by atoms with Crippen LogP contribution >= 0.6 is 22.9 Å². The van der Waals surface area contributed by atoms with E-state index in [-0.39, 0.29) is 20.7 Å². The van der Waals surface area contributed by atoms with Crippen molar-refractivity contribution in [2.45, 2.75) is 51.2 Å². The number of rotatable bonds is 4. The molecule has 130 valence electrons. The van der Waals surface area contributed by atoms with Gasteiger partial charge in [0.1, 0.15) is 4.88 Å². The number of nitrogens with zero attached hydrogens (tertiary/aromatic N) is 1. The van der Waals surface area contributed by atoms with Gasteiger partial charge in [-0.3, -0.25) is 0 Å². The second kappa shape index (κ2) is 6.99. The van der Waals surface area contributed by atoms with Crippen molar-refractivity contribution < 1.29 is 23.1 Å². The highest BCUT2D eigenvalue weighted by Crippen LogP contribution is 2.44. The van der Waals surface area contributed by atoms with Crippen LogP contribution in [0, 0.1) is 0 Å². The largest absolute Gasteiger partial charge is 0.477 e. The summed E-state index contributed by atoms with van der Waals surface area (Å²) in [6.45, 7) is 5.72. The predicted molar refractivity (Wildman–Crippen MR) is 84.7 cm³/mol. The molecule has 0 radical (unpaired) electrons. The summed E-state index contributed by atoms with van der Waals surface area (Å²) in [7, 11) is 0. The van der Waals surface area contributed by atoms with Crippen LogP contribution in [0.5, 0.6) is 0 Å². The van der Waals surface area contributed by atoms with E-state index >= 15 is 0 Å². The highest BCUT2D eigenvalue weighted by atomic mass is 35.5. The van der Waals surface area contributed by atoms with E-state index in [2.05, 4.69) is 18.7 Å². The van der Waals surface area contributed by atoms with Crippen LogP contribution in [-0.4, -0.2) is 41.3 Å². The van der Waals surface area contributed by atoms with Crippen molar-refractivity contribution in [3.63, 3.8) is 0 Å². The van der Waals surface area contributed by atoms with Gasteiger partial charge in [-0.25, -0.2) is 4.79 Å². The zero-order valence-corrected chi connectivity index (χ0v) is 14.5. The summed E-state index contributed by atoms with van der Waals surface area (Å²) in [5.74, 6) is -1.46. The highest BCUT2D eigenvalue weighted by molar-refractivity contribution is 7.18. The van der Waals surface area contributed by atoms with E-state index in [9.17, 15) is 23.1 Å². The molecule has 1 aromatic rings. The number of halogens is 4. The maximum Gasteiger partial charge on any atom is 0.393 e. The van der Waals surface area contributed by atoms with E-state index in [0.717, 1.165) is 24.4 Å². The Morgan fingerprint density at radius 3 is 2.39 bits per heavy atom. The number of carboxylic acid groups (broad SMARTS) is 1. The fourth-order valence-electron chi connectivity index (χ4n) is 3.11. The molecule has 0 bridgehead atoms.